The van der Waals surface area contributed by atoms with Crippen molar-refractivity contribution in [2.24, 2.45) is 32.5 Å². The van der Waals surface area contributed by atoms with Gasteiger partial charge in [-0.2, -0.15) is 0 Å². The number of benzene rings is 13. The quantitative estimate of drug-likeness (QED) is 0.101. The van der Waals surface area contributed by atoms with Gasteiger partial charge in [-0.25, -0.2) is 0 Å². The lowest BCUT2D eigenvalue weighted by atomic mass is 9.33. The fraction of sp³-hybridized carbons (Fsp3) is 0.391. The Kier molecular flexibility index (Phi) is 23.3. The molecule has 2 aromatic heterocycles. The van der Waals surface area contributed by atoms with Gasteiger partial charge in [-0.05, 0) is 307 Å². The Morgan fingerprint density at radius 2 is 0.451 bits per heavy atom. The molecule has 0 spiro atoms. The smallest absolute Gasteiger partial charge is 0.252 e. The largest absolute Gasteiger partial charge is 0.310 e. The van der Waals surface area contributed by atoms with Gasteiger partial charge in [0.1, 0.15) is 0 Å². The van der Waals surface area contributed by atoms with Crippen LogP contribution in [0.4, 0.5) is 34.1 Å². The second kappa shape index (κ2) is 33.0. The van der Waals surface area contributed by atoms with E-state index < -0.39 is 5.41 Å². The van der Waals surface area contributed by atoms with Crippen LogP contribution in [0.3, 0.4) is 0 Å². The zero-order valence-corrected chi connectivity index (χ0v) is 87.2. The van der Waals surface area contributed by atoms with Crippen molar-refractivity contribution in [3.8, 4) is 55.9 Å². The van der Waals surface area contributed by atoms with E-state index in [1.54, 1.807) is 0 Å². The summed E-state index contributed by atoms with van der Waals surface area (Å²) in [6.07, 6.45) is 5.63. The minimum absolute atomic E-state index is 0.0475. The molecule has 0 amide bonds. The molecule has 133 heavy (non-hydrogen) atoms. The first-order valence-electron chi connectivity index (χ1n) is 49.7. The molecular formula is C128H151BN4. The second-order valence-electron chi connectivity index (χ2n) is 52.7. The summed E-state index contributed by atoms with van der Waals surface area (Å²) in [6.45, 7) is 78.7. The Labute approximate surface area is 800 Å². The Hall–Kier alpha value is -10.9. The van der Waals surface area contributed by atoms with Gasteiger partial charge in [0, 0.05) is 77.9 Å². The van der Waals surface area contributed by atoms with Gasteiger partial charge in [-0.15, -0.1) is 0 Å². The van der Waals surface area contributed by atoms with Gasteiger partial charge in [-0.3, -0.25) is 0 Å². The van der Waals surface area contributed by atoms with Crippen molar-refractivity contribution in [3.05, 3.63) is 304 Å². The average Bonchev–Trinajstić information content (AvgIpc) is 1.29. The SMILES string of the molecule is CC(C)(C)Cc1cc(-c2cccc(C(C)(C)C)c2)c(N2c3cc(-n4c5ccc(CC(C)(C)C)cc5c5cc(CC(C)(C)C)ccc54)ccc3B3c4ccc(-n5c6ccc(CC(C)(C)C)cc6c6cc(CC(C)(C)C)ccc65)cc4N(c4c(-c5cccc(C(C)(C)C)c5)cc(CC(C)(C)C)cc4-c4cccc(C(C)(C)C)c4)c4cc(C(C)(C)C)cc2c43)c(-c2cccc(C(C)(C)C)c2)c1. The van der Waals surface area contributed by atoms with Crippen molar-refractivity contribution in [2.45, 2.75) is 294 Å². The summed E-state index contributed by atoms with van der Waals surface area (Å²) in [4.78, 5) is 5.70. The van der Waals surface area contributed by atoms with E-state index in [0.29, 0.717) is 0 Å². The van der Waals surface area contributed by atoms with Gasteiger partial charge >= 0.3 is 0 Å². The van der Waals surface area contributed by atoms with Crippen molar-refractivity contribution in [2.75, 3.05) is 9.80 Å². The molecule has 0 atom stereocenters. The maximum absolute atomic E-state index is 2.85. The lowest BCUT2D eigenvalue weighted by molar-refractivity contribution is 0.411. The first-order valence-corrected chi connectivity index (χ1v) is 49.7. The van der Waals surface area contributed by atoms with Crippen LogP contribution in [0.25, 0.3) is 99.5 Å². The molecule has 4 nitrogen and oxygen atoms in total. The highest BCUT2D eigenvalue weighted by molar-refractivity contribution is 7.00. The molecule has 4 heterocycles. The summed E-state index contributed by atoms with van der Waals surface area (Å²) in [7, 11) is 0. The predicted octanol–water partition coefficient (Wildman–Crippen LogP) is 34.7. The maximum atomic E-state index is 2.85. The Bertz CT molecular complexity index is 6360. The minimum Gasteiger partial charge on any atom is -0.310 e. The van der Waals surface area contributed by atoms with Gasteiger partial charge in [0.15, 0.2) is 0 Å². The number of fused-ring (bicyclic) bond motifs is 10. The molecule has 2 aliphatic rings. The Balaban J connectivity index is 1.10. The molecule has 2 aliphatic heterocycles. The summed E-state index contributed by atoms with van der Waals surface area (Å²) in [6, 6.07) is 99.7. The standard InChI is InChI=1S/C128H151BN4/c1-118(2,3)74-80-46-54-107-101(58-80)102-59-81(75-119(4,5)6)47-55-108(102)130(107)95-50-52-105-111(72-95)132(116-97(86-38-34-42-90(66-86)124(19,20)21)62-84(78-122(13,14)15)63-98(116)87-39-35-43-91(67-87)125(22,23)24)113-70-94(128(31,32)33)71-114-115(113)129(105)106-53-51-96(131-109-56-48-82(76-120(7,8)9)60-103(109)104-61-83(49-57-110(104)131)77-121(10,11)12)73-112(106)133(114)117-99(88-40-36-44-92(68-88)126(25,26)27)64-85(79-123(16,17)18)65-100(117)89-41-37-45-93(69-89)127(28,29)30/h34-73H,74-79H2,1-33H3. The van der Waals surface area contributed by atoms with E-state index in [2.05, 4.69) is 490 Å². The molecule has 17 rings (SSSR count). The zero-order chi connectivity index (χ0) is 95.9. The third kappa shape index (κ3) is 19.2. The van der Waals surface area contributed by atoms with Crippen LogP contribution < -0.4 is 26.2 Å². The van der Waals surface area contributed by atoms with Crippen LogP contribution in [0.15, 0.2) is 243 Å². The summed E-state index contributed by atoms with van der Waals surface area (Å²) in [5.74, 6) is 0. The van der Waals surface area contributed by atoms with Crippen LogP contribution in [0, 0.1) is 32.5 Å². The van der Waals surface area contributed by atoms with Crippen LogP contribution in [0.2, 0.25) is 0 Å². The lowest BCUT2D eigenvalue weighted by Gasteiger charge is -2.46. The van der Waals surface area contributed by atoms with Gasteiger partial charge in [0.2, 0.25) is 0 Å². The monoisotopic (exact) mass is 1760 g/mol. The summed E-state index contributed by atoms with van der Waals surface area (Å²) in [5.41, 5.74) is 41.3. The number of aromatic nitrogens is 2. The lowest BCUT2D eigenvalue weighted by Crippen LogP contribution is -2.61. The zero-order valence-electron chi connectivity index (χ0n) is 87.2. The molecule has 0 N–H and O–H groups in total. The molecule has 0 radical (unpaired) electrons. The number of nitrogens with zero attached hydrogens (tertiary/aromatic N) is 4. The third-order valence-electron chi connectivity index (χ3n) is 27.6. The fourth-order valence-corrected chi connectivity index (χ4v) is 21.6. The molecule has 15 aromatic rings. The topological polar surface area (TPSA) is 16.3 Å². The first kappa shape index (κ1) is 93.9. The van der Waals surface area contributed by atoms with Crippen molar-refractivity contribution in [3.63, 3.8) is 0 Å². The Morgan fingerprint density at radius 1 is 0.211 bits per heavy atom. The summed E-state index contributed by atoms with van der Waals surface area (Å²) >= 11 is 0. The molecule has 0 aliphatic carbocycles. The first-order chi connectivity index (χ1) is 61.7. The van der Waals surface area contributed by atoms with E-state index >= 15 is 0 Å². The molecule has 0 fully saturated rings. The highest BCUT2D eigenvalue weighted by Crippen LogP contribution is 2.57. The molecule has 0 saturated heterocycles. The number of rotatable bonds is 14. The van der Waals surface area contributed by atoms with E-state index in [1.165, 1.54) is 188 Å². The van der Waals surface area contributed by atoms with Gasteiger partial charge in [0.25, 0.3) is 6.71 Å². The fourth-order valence-electron chi connectivity index (χ4n) is 21.6. The molecule has 0 bridgehead atoms. The molecular weight excluding hydrogens is 1600 g/mol. The van der Waals surface area contributed by atoms with Crippen LogP contribution >= 0.6 is 0 Å². The maximum Gasteiger partial charge on any atom is 0.252 e. The average molecular weight is 1760 g/mol. The molecule has 5 heteroatoms. The normalized spacial score (nSPS) is 13.9. The minimum atomic E-state index is -0.390. The van der Waals surface area contributed by atoms with Crippen LogP contribution in [0.5, 0.6) is 0 Å². The van der Waals surface area contributed by atoms with Crippen molar-refractivity contribution >= 4 is 101 Å². The van der Waals surface area contributed by atoms with E-state index in [1.807, 2.05) is 0 Å². The number of hydrogen-bond donors (Lipinski definition) is 0. The van der Waals surface area contributed by atoms with Crippen LogP contribution in [-0.2, 0) is 65.6 Å². The molecule has 13 aromatic carbocycles. The molecule has 0 saturated carbocycles. The second-order valence-corrected chi connectivity index (χ2v) is 52.7. The van der Waals surface area contributed by atoms with E-state index in [0.717, 1.165) is 61.3 Å². The third-order valence-corrected chi connectivity index (χ3v) is 27.6. The molecule has 0 unspecified atom stereocenters. The van der Waals surface area contributed by atoms with Gasteiger partial charge < -0.3 is 18.9 Å². The van der Waals surface area contributed by atoms with Gasteiger partial charge in [0.05, 0.1) is 33.4 Å². The highest BCUT2D eigenvalue weighted by Gasteiger charge is 2.47. The van der Waals surface area contributed by atoms with E-state index in [9.17, 15) is 0 Å². The Morgan fingerprint density at radius 3 is 0.684 bits per heavy atom. The molecule has 686 valence electrons. The van der Waals surface area contributed by atoms with Crippen molar-refractivity contribution in [1.29, 1.82) is 0 Å². The predicted molar refractivity (Wildman–Crippen MR) is 583 cm³/mol. The van der Waals surface area contributed by atoms with E-state index in [4.69, 9.17) is 0 Å². The van der Waals surface area contributed by atoms with Crippen molar-refractivity contribution in [1.82, 2.24) is 9.13 Å². The van der Waals surface area contributed by atoms with Gasteiger partial charge in [-0.1, -0.05) is 362 Å². The van der Waals surface area contributed by atoms with E-state index in [-0.39, 0.29) is 60.9 Å². The van der Waals surface area contributed by atoms with Crippen molar-refractivity contribution < 1.29 is 0 Å². The summed E-state index contributed by atoms with van der Waals surface area (Å²) < 4.78 is 5.27. The van der Waals surface area contributed by atoms with Crippen LogP contribution in [0.1, 0.15) is 290 Å². The summed E-state index contributed by atoms with van der Waals surface area (Å²) in [5, 5.41) is 5.17. The van der Waals surface area contributed by atoms with Crippen LogP contribution in [-0.4, -0.2) is 15.8 Å². The highest BCUT2D eigenvalue weighted by atomic mass is 15.2. The number of hydrogen-bond acceptors (Lipinski definition) is 2. The number of anilines is 6.